The lowest BCUT2D eigenvalue weighted by Gasteiger charge is -2.36. The highest BCUT2D eigenvalue weighted by Gasteiger charge is 2.32. The zero-order valence-corrected chi connectivity index (χ0v) is 24.2. The van der Waals surface area contributed by atoms with Crippen LogP contribution in [-0.4, -0.2) is 107 Å². The third-order valence-electron chi connectivity index (χ3n) is 7.56. The van der Waals surface area contributed by atoms with Crippen molar-refractivity contribution in [2.45, 2.75) is 19.9 Å². The number of hydrogen-bond acceptors (Lipinski definition) is 8. The van der Waals surface area contributed by atoms with E-state index in [0.29, 0.717) is 0 Å². The van der Waals surface area contributed by atoms with Crippen molar-refractivity contribution in [2.75, 3.05) is 87.2 Å². The highest BCUT2D eigenvalue weighted by Crippen LogP contribution is 2.38. The van der Waals surface area contributed by atoms with Crippen molar-refractivity contribution >= 4 is 0 Å². The fraction of sp³-hybridized carbons (Fsp3) is 0.533. The molecular weight excluding hydrogens is 474 g/mol. The van der Waals surface area contributed by atoms with Crippen molar-refractivity contribution in [3.8, 4) is 5.75 Å². The lowest BCUT2D eigenvalue weighted by atomic mass is 9.91. The summed E-state index contributed by atoms with van der Waals surface area (Å²) in [7, 11) is 8.19. The highest BCUT2D eigenvalue weighted by molar-refractivity contribution is 5.54. The van der Waals surface area contributed by atoms with Crippen LogP contribution in [-0.2, 0) is 0 Å². The number of nitrogens with zero attached hydrogens (tertiary/aromatic N) is 4. The van der Waals surface area contributed by atoms with Gasteiger partial charge in [-0.1, -0.05) is 38.1 Å². The number of allylic oxidation sites excluding steroid dienone is 1. The number of hydrogen-bond donors (Lipinski definition) is 3. The number of likely N-dealkylation sites (N-methyl/N-ethyl adjacent to an activating group) is 2. The van der Waals surface area contributed by atoms with Crippen LogP contribution in [0.3, 0.4) is 0 Å². The Balaban J connectivity index is 0.00000164. The van der Waals surface area contributed by atoms with Crippen LogP contribution in [0.2, 0.25) is 0 Å². The van der Waals surface area contributed by atoms with Crippen LogP contribution in [0.25, 0.3) is 0 Å². The van der Waals surface area contributed by atoms with E-state index in [-0.39, 0.29) is 6.04 Å². The van der Waals surface area contributed by atoms with Crippen molar-refractivity contribution in [1.82, 2.24) is 35.8 Å². The molecule has 1 saturated heterocycles. The molecule has 8 nitrogen and oxygen atoms in total. The monoisotopic (exact) mass is 521 g/mol. The number of benzene rings is 1. The highest BCUT2D eigenvalue weighted by atomic mass is 16.5. The summed E-state index contributed by atoms with van der Waals surface area (Å²) in [5.41, 5.74) is 13.3. The Labute approximate surface area is 229 Å². The van der Waals surface area contributed by atoms with Gasteiger partial charge in [-0.2, -0.15) is 0 Å². The first kappa shape index (κ1) is 28.2. The third kappa shape index (κ3) is 6.61. The van der Waals surface area contributed by atoms with Gasteiger partial charge in [-0.25, -0.2) is 5.43 Å². The van der Waals surface area contributed by atoms with Crippen LogP contribution in [0.5, 0.6) is 5.75 Å². The molecule has 8 heteroatoms. The average molecular weight is 522 g/mol. The Hall–Kier alpha value is -2.78. The smallest absolute Gasteiger partial charge is 0.124 e. The number of ether oxygens (including phenoxy) is 1. The molecule has 1 aromatic carbocycles. The molecule has 4 heterocycles. The summed E-state index contributed by atoms with van der Waals surface area (Å²) in [6.07, 6.45) is 6.95. The summed E-state index contributed by atoms with van der Waals surface area (Å²) in [5.74, 6) is 2.03. The topological polar surface area (TPSA) is 58.3 Å². The molecule has 1 fully saturated rings. The van der Waals surface area contributed by atoms with E-state index < -0.39 is 0 Å². The summed E-state index contributed by atoms with van der Waals surface area (Å²) in [6.45, 7) is 13.7. The van der Waals surface area contributed by atoms with Gasteiger partial charge >= 0.3 is 0 Å². The molecule has 1 unspecified atom stereocenters. The van der Waals surface area contributed by atoms with Crippen LogP contribution in [0, 0.1) is 0 Å². The third-order valence-corrected chi connectivity index (χ3v) is 7.56. The lowest BCUT2D eigenvalue weighted by molar-refractivity contribution is 0.132. The van der Waals surface area contributed by atoms with E-state index in [2.05, 4.69) is 87.4 Å². The fourth-order valence-corrected chi connectivity index (χ4v) is 5.48. The molecule has 4 aliphatic rings. The van der Waals surface area contributed by atoms with Crippen molar-refractivity contribution in [3.05, 3.63) is 76.3 Å². The molecule has 3 N–H and O–H groups in total. The minimum Gasteiger partial charge on any atom is -0.496 e. The molecule has 0 spiro atoms. The number of piperazine rings is 1. The zero-order chi connectivity index (χ0) is 27.1. The largest absolute Gasteiger partial charge is 0.496 e. The zero-order valence-electron chi connectivity index (χ0n) is 24.2. The maximum absolute atomic E-state index is 5.66. The van der Waals surface area contributed by atoms with Crippen LogP contribution in [0.4, 0.5) is 0 Å². The van der Waals surface area contributed by atoms with E-state index in [1.807, 2.05) is 26.0 Å². The molecule has 4 aliphatic heterocycles. The van der Waals surface area contributed by atoms with Crippen molar-refractivity contribution in [3.63, 3.8) is 0 Å². The van der Waals surface area contributed by atoms with Crippen molar-refractivity contribution in [1.29, 1.82) is 0 Å². The Morgan fingerprint density at radius 2 is 1.76 bits per heavy atom. The van der Waals surface area contributed by atoms with Crippen molar-refractivity contribution in [2.24, 2.45) is 0 Å². The van der Waals surface area contributed by atoms with Gasteiger partial charge < -0.3 is 25.3 Å². The van der Waals surface area contributed by atoms with Gasteiger partial charge in [0, 0.05) is 83.3 Å². The van der Waals surface area contributed by atoms with Gasteiger partial charge in [-0.3, -0.25) is 9.80 Å². The summed E-state index contributed by atoms with van der Waals surface area (Å²) in [4.78, 5) is 9.76. The SMILES string of the molecule is CC.COc1ccccc1C1NNC2=C1C=C(C1=CNCC(CN3CCN(CCN(C)C)CC3)=C1)CN2C. The minimum atomic E-state index is 0.0401. The number of rotatable bonds is 8. The van der Waals surface area contributed by atoms with Gasteiger partial charge in [0.05, 0.1) is 13.2 Å². The molecule has 208 valence electrons. The second kappa shape index (κ2) is 13.3. The predicted molar refractivity (Wildman–Crippen MR) is 157 cm³/mol. The number of para-hydroxylation sites is 1. The van der Waals surface area contributed by atoms with Gasteiger partial charge in [0.1, 0.15) is 11.6 Å². The molecule has 1 aromatic rings. The molecule has 5 rings (SSSR count). The molecule has 1 atom stereocenters. The number of dihydropyridines is 1. The maximum Gasteiger partial charge on any atom is 0.124 e. The molecule has 0 aliphatic carbocycles. The lowest BCUT2D eigenvalue weighted by Crippen LogP contribution is -2.48. The van der Waals surface area contributed by atoms with Gasteiger partial charge in [0.25, 0.3) is 0 Å². The molecule has 0 radical (unpaired) electrons. The Morgan fingerprint density at radius 3 is 2.50 bits per heavy atom. The van der Waals surface area contributed by atoms with Crippen LogP contribution < -0.4 is 20.9 Å². The number of hydrazine groups is 1. The summed E-state index contributed by atoms with van der Waals surface area (Å²) in [5, 5.41) is 3.55. The average Bonchev–Trinajstić information content (AvgIpc) is 3.38. The molecule has 0 amide bonds. The van der Waals surface area contributed by atoms with Crippen molar-refractivity contribution < 1.29 is 4.74 Å². The number of nitrogens with one attached hydrogen (secondary N) is 3. The van der Waals surface area contributed by atoms with Gasteiger partial charge in [-0.05, 0) is 43.0 Å². The van der Waals surface area contributed by atoms with Gasteiger partial charge in [0.15, 0.2) is 0 Å². The van der Waals surface area contributed by atoms with E-state index in [1.165, 1.54) is 22.3 Å². The van der Waals surface area contributed by atoms with Gasteiger partial charge in [0.2, 0.25) is 0 Å². The van der Waals surface area contributed by atoms with Crippen LogP contribution in [0.15, 0.2) is 70.7 Å². The van der Waals surface area contributed by atoms with E-state index in [4.69, 9.17) is 4.74 Å². The summed E-state index contributed by atoms with van der Waals surface area (Å²) in [6, 6.07) is 8.29. The predicted octanol–water partition coefficient (Wildman–Crippen LogP) is 2.55. The second-order valence-corrected chi connectivity index (χ2v) is 10.5. The van der Waals surface area contributed by atoms with Crippen LogP contribution in [0.1, 0.15) is 25.5 Å². The summed E-state index contributed by atoms with van der Waals surface area (Å²) < 4.78 is 5.66. The quantitative estimate of drug-likeness (QED) is 0.483. The number of methoxy groups -OCH3 is 1. The molecule has 0 saturated carbocycles. The molecule has 0 bridgehead atoms. The Kier molecular flexibility index (Phi) is 9.91. The standard InChI is InChI=1S/C28H41N7O.C2H6/c1-32(2)9-10-34-11-13-35(14-12-34)19-21-15-22(18-29-17-21)23-16-25-27(30-31-28(25)33(3)20-23)24-7-5-6-8-26(24)36-4;1-2/h5-8,15-16,18,27,29-31H,9-14,17,19-20H2,1-4H3;1-2H3. The Morgan fingerprint density at radius 1 is 1.03 bits per heavy atom. The minimum absolute atomic E-state index is 0.0401. The molecule has 38 heavy (non-hydrogen) atoms. The fourth-order valence-electron chi connectivity index (χ4n) is 5.48. The first-order chi connectivity index (χ1) is 18.5. The van der Waals surface area contributed by atoms with E-state index in [0.717, 1.165) is 76.0 Å². The van der Waals surface area contributed by atoms with E-state index in [9.17, 15) is 0 Å². The van der Waals surface area contributed by atoms with E-state index >= 15 is 0 Å². The maximum atomic E-state index is 5.66. The molecular formula is C30H47N7O. The normalized spacial score (nSPS) is 22.0. The molecule has 0 aromatic heterocycles. The van der Waals surface area contributed by atoms with Gasteiger partial charge in [-0.15, -0.1) is 0 Å². The first-order valence-corrected chi connectivity index (χ1v) is 14.0. The van der Waals surface area contributed by atoms with E-state index in [1.54, 1.807) is 7.11 Å². The Bertz CT molecular complexity index is 1070. The summed E-state index contributed by atoms with van der Waals surface area (Å²) >= 11 is 0. The van der Waals surface area contributed by atoms with Crippen LogP contribution >= 0.6 is 0 Å². The second-order valence-electron chi connectivity index (χ2n) is 10.5. The first-order valence-electron chi connectivity index (χ1n) is 14.0.